The number of primary amides is 1. The van der Waals surface area contributed by atoms with Crippen molar-refractivity contribution in [1.82, 2.24) is 0 Å². The third-order valence-electron chi connectivity index (χ3n) is 1.65. The molecule has 0 aromatic carbocycles. The number of carbonyl (C=O) groups excluding carboxylic acids is 1. The Morgan fingerprint density at radius 3 is 2.87 bits per heavy atom. The van der Waals surface area contributed by atoms with Gasteiger partial charge in [0.15, 0.2) is 0 Å². The molecule has 1 rings (SSSR count). The molecule has 15 heavy (non-hydrogen) atoms. The van der Waals surface area contributed by atoms with Crippen molar-refractivity contribution in [2.75, 3.05) is 22.6 Å². The smallest absolute Gasteiger partial charge is 0.251 e. The number of nitrogens with one attached hydrogen (secondary N) is 1. The Morgan fingerprint density at radius 2 is 2.47 bits per heavy atom. The summed E-state index contributed by atoms with van der Waals surface area (Å²) in [6.45, 7) is 1.93. The number of hydrogen-bond acceptors (Lipinski definition) is 6. The Morgan fingerprint density at radius 1 is 1.80 bits per heavy atom. The standard InChI is InChI=1S/C8H13N3O2S2/c1-3-14-11(13)6-4-5(7(9)12)8(10-2)15-6/h4,10,13H,3H2,1-2H3,(H2,9,12). The molecule has 0 aliphatic rings. The second-order valence-corrected chi connectivity index (χ2v) is 4.84. The summed E-state index contributed by atoms with van der Waals surface area (Å²) in [7, 11) is 1.71. The van der Waals surface area contributed by atoms with Gasteiger partial charge in [-0.05, 0) is 18.0 Å². The summed E-state index contributed by atoms with van der Waals surface area (Å²) in [5, 5.41) is 13.7. The molecule has 1 amide bonds. The highest BCUT2D eigenvalue weighted by Gasteiger charge is 2.15. The van der Waals surface area contributed by atoms with E-state index in [1.165, 1.54) is 23.3 Å². The number of nitrogens with two attached hydrogens (primary N) is 1. The van der Waals surface area contributed by atoms with Gasteiger partial charge >= 0.3 is 0 Å². The van der Waals surface area contributed by atoms with Crippen molar-refractivity contribution < 1.29 is 10.0 Å². The number of hydrogen-bond donors (Lipinski definition) is 3. The van der Waals surface area contributed by atoms with Crippen molar-refractivity contribution in [2.24, 2.45) is 5.73 Å². The molecule has 0 fully saturated rings. The lowest BCUT2D eigenvalue weighted by molar-refractivity contribution is 0.100. The van der Waals surface area contributed by atoms with Crippen LogP contribution in [0.1, 0.15) is 17.3 Å². The molecule has 0 aliphatic heterocycles. The van der Waals surface area contributed by atoms with E-state index in [4.69, 9.17) is 5.73 Å². The molecule has 4 N–H and O–H groups in total. The van der Waals surface area contributed by atoms with Crippen LogP contribution in [0.25, 0.3) is 0 Å². The average Bonchev–Trinajstić information content (AvgIpc) is 2.61. The predicted octanol–water partition coefficient (Wildman–Crippen LogP) is 1.75. The molecule has 0 unspecified atom stereocenters. The first kappa shape index (κ1) is 12.2. The molecule has 7 heteroatoms. The van der Waals surface area contributed by atoms with E-state index in [-0.39, 0.29) is 0 Å². The first-order valence-corrected chi connectivity index (χ1v) is 6.09. The Bertz CT molecular complexity index is 354. The van der Waals surface area contributed by atoms with Crippen LogP contribution in [0.15, 0.2) is 6.07 Å². The van der Waals surface area contributed by atoms with E-state index < -0.39 is 5.91 Å². The first-order valence-electron chi connectivity index (χ1n) is 4.33. The first-order chi connectivity index (χ1) is 7.10. The summed E-state index contributed by atoms with van der Waals surface area (Å²) >= 11 is 2.53. The van der Waals surface area contributed by atoms with Gasteiger partial charge in [0.1, 0.15) is 10.0 Å². The monoisotopic (exact) mass is 247 g/mol. The van der Waals surface area contributed by atoms with Crippen LogP contribution < -0.4 is 15.5 Å². The molecular weight excluding hydrogens is 234 g/mol. The van der Waals surface area contributed by atoms with E-state index in [0.29, 0.717) is 15.6 Å². The highest BCUT2D eigenvalue weighted by molar-refractivity contribution is 8.00. The number of carbonyl (C=O) groups is 1. The second kappa shape index (κ2) is 5.24. The topological polar surface area (TPSA) is 78.6 Å². The van der Waals surface area contributed by atoms with Gasteiger partial charge in [0.25, 0.3) is 5.91 Å². The lowest BCUT2D eigenvalue weighted by Crippen LogP contribution is -2.11. The minimum Gasteiger partial charge on any atom is -0.379 e. The third-order valence-corrected chi connectivity index (χ3v) is 3.59. The zero-order valence-corrected chi connectivity index (χ0v) is 10.1. The minimum atomic E-state index is -0.503. The van der Waals surface area contributed by atoms with Crippen molar-refractivity contribution in [2.45, 2.75) is 6.92 Å². The van der Waals surface area contributed by atoms with Crippen LogP contribution in [0.5, 0.6) is 0 Å². The van der Waals surface area contributed by atoms with E-state index in [1.54, 1.807) is 13.1 Å². The molecule has 0 aliphatic carbocycles. The van der Waals surface area contributed by atoms with Gasteiger partial charge in [0, 0.05) is 12.8 Å². The van der Waals surface area contributed by atoms with Crippen LogP contribution in [0.3, 0.4) is 0 Å². The van der Waals surface area contributed by atoms with E-state index in [2.05, 4.69) is 5.32 Å². The van der Waals surface area contributed by atoms with Gasteiger partial charge in [-0.2, -0.15) is 4.47 Å². The zero-order chi connectivity index (χ0) is 11.4. The largest absolute Gasteiger partial charge is 0.379 e. The summed E-state index contributed by atoms with van der Waals surface area (Å²) in [4.78, 5) is 11.1. The molecule has 5 nitrogen and oxygen atoms in total. The molecule has 0 spiro atoms. The van der Waals surface area contributed by atoms with Gasteiger partial charge in [-0.1, -0.05) is 18.3 Å². The van der Waals surface area contributed by atoms with Gasteiger partial charge in [0.05, 0.1) is 5.56 Å². The van der Waals surface area contributed by atoms with Crippen LogP contribution in [0.4, 0.5) is 10.0 Å². The molecule has 0 bridgehead atoms. The number of amides is 1. The molecule has 1 aromatic heterocycles. The molecule has 1 heterocycles. The number of thiophene rings is 1. The number of anilines is 2. The normalized spacial score (nSPS) is 10.1. The van der Waals surface area contributed by atoms with E-state index in [0.717, 1.165) is 10.2 Å². The van der Waals surface area contributed by atoms with E-state index in [1.807, 2.05) is 6.92 Å². The maximum Gasteiger partial charge on any atom is 0.251 e. The SMILES string of the molecule is CCSN(O)c1cc(C(N)=O)c(NC)s1. The van der Waals surface area contributed by atoms with Crippen molar-refractivity contribution in [3.05, 3.63) is 11.6 Å². The molecule has 0 saturated heterocycles. The molecule has 0 atom stereocenters. The summed E-state index contributed by atoms with van der Waals surface area (Å²) < 4.78 is 1.04. The molecule has 0 radical (unpaired) electrons. The van der Waals surface area contributed by atoms with Crippen LogP contribution in [0, 0.1) is 0 Å². The Labute approximate surface area is 96.3 Å². The van der Waals surface area contributed by atoms with Gasteiger partial charge in [0.2, 0.25) is 0 Å². The van der Waals surface area contributed by atoms with Crippen LogP contribution in [0.2, 0.25) is 0 Å². The lowest BCUT2D eigenvalue weighted by atomic mass is 10.3. The van der Waals surface area contributed by atoms with E-state index in [9.17, 15) is 10.0 Å². The van der Waals surface area contributed by atoms with Crippen molar-refractivity contribution in [1.29, 1.82) is 0 Å². The summed E-state index contributed by atoms with van der Waals surface area (Å²) in [6.07, 6.45) is 0. The third kappa shape index (κ3) is 2.77. The maximum absolute atomic E-state index is 11.1. The van der Waals surface area contributed by atoms with Gasteiger partial charge in [-0.25, -0.2) is 0 Å². The molecular formula is C8H13N3O2S2. The zero-order valence-electron chi connectivity index (χ0n) is 8.48. The average molecular weight is 247 g/mol. The Balaban J connectivity index is 2.96. The fourth-order valence-corrected chi connectivity index (χ4v) is 2.56. The summed E-state index contributed by atoms with van der Waals surface area (Å²) in [5.41, 5.74) is 5.59. The molecule has 84 valence electrons. The number of rotatable bonds is 5. The summed E-state index contributed by atoms with van der Waals surface area (Å²) in [5.74, 6) is 0.242. The van der Waals surface area contributed by atoms with Gasteiger partial charge < -0.3 is 11.1 Å². The quantitative estimate of drug-likeness (QED) is 0.546. The summed E-state index contributed by atoms with van der Waals surface area (Å²) in [6, 6.07) is 1.57. The van der Waals surface area contributed by atoms with Crippen LogP contribution in [-0.4, -0.2) is 23.9 Å². The fourth-order valence-electron chi connectivity index (χ4n) is 1.03. The Kier molecular flexibility index (Phi) is 4.25. The highest BCUT2D eigenvalue weighted by atomic mass is 32.2. The maximum atomic E-state index is 11.1. The predicted molar refractivity (Wildman–Crippen MR) is 64.8 cm³/mol. The van der Waals surface area contributed by atoms with Crippen molar-refractivity contribution in [3.8, 4) is 0 Å². The van der Waals surface area contributed by atoms with Gasteiger partial charge in [-0.15, -0.1) is 0 Å². The molecule has 0 saturated carbocycles. The second-order valence-electron chi connectivity index (χ2n) is 2.63. The van der Waals surface area contributed by atoms with Crippen LogP contribution >= 0.6 is 23.3 Å². The molecule has 1 aromatic rings. The van der Waals surface area contributed by atoms with Crippen LogP contribution in [-0.2, 0) is 0 Å². The minimum absolute atomic E-state index is 0.397. The van der Waals surface area contributed by atoms with Crippen molar-refractivity contribution >= 4 is 39.2 Å². The van der Waals surface area contributed by atoms with Gasteiger partial charge in [-0.3, -0.25) is 10.0 Å². The highest BCUT2D eigenvalue weighted by Crippen LogP contribution is 2.35. The number of nitrogens with zero attached hydrogens (tertiary/aromatic N) is 1. The van der Waals surface area contributed by atoms with E-state index >= 15 is 0 Å². The lowest BCUT2D eigenvalue weighted by Gasteiger charge is -2.10. The van der Waals surface area contributed by atoms with Crippen molar-refractivity contribution in [3.63, 3.8) is 0 Å². The fraction of sp³-hybridized carbons (Fsp3) is 0.375. The Hall–Kier alpha value is -0.920.